The highest BCUT2D eigenvalue weighted by Crippen LogP contribution is 2.25. The van der Waals surface area contributed by atoms with Gasteiger partial charge in [0, 0.05) is 30.7 Å². The molecule has 0 saturated carbocycles. The maximum Gasteiger partial charge on any atom is 0.255 e. The van der Waals surface area contributed by atoms with Crippen LogP contribution in [0.15, 0.2) is 66.9 Å². The molecule has 1 atom stereocenters. The molecule has 0 aliphatic carbocycles. The van der Waals surface area contributed by atoms with Crippen molar-refractivity contribution in [2.24, 2.45) is 5.92 Å². The van der Waals surface area contributed by atoms with Crippen LogP contribution in [0.3, 0.4) is 0 Å². The lowest BCUT2D eigenvalue weighted by atomic mass is 9.96. The molecule has 2 aromatic carbocycles. The van der Waals surface area contributed by atoms with E-state index in [4.69, 9.17) is 0 Å². The first-order chi connectivity index (χ1) is 15.0. The Balaban J connectivity index is 1.42. The Hall–Kier alpha value is -3.54. The number of carbonyl (C=O) groups excluding carboxylic acids is 2. The molecule has 4 rings (SSSR count). The first-order valence-electron chi connectivity index (χ1n) is 10.4. The molecule has 1 N–H and O–H groups in total. The number of nitrogens with zero attached hydrogens (tertiary/aromatic N) is 2. The van der Waals surface area contributed by atoms with Crippen LogP contribution in [0.4, 0.5) is 10.1 Å². The molecule has 0 radical (unpaired) electrons. The van der Waals surface area contributed by atoms with Gasteiger partial charge < -0.3 is 10.2 Å². The normalized spacial score (nSPS) is 16.1. The Labute approximate surface area is 180 Å². The first kappa shape index (κ1) is 20.7. The number of nitrogens with one attached hydrogen (secondary N) is 1. The van der Waals surface area contributed by atoms with Crippen LogP contribution in [0.1, 0.15) is 28.9 Å². The second-order valence-corrected chi connectivity index (χ2v) is 7.86. The summed E-state index contributed by atoms with van der Waals surface area (Å²) in [6.07, 6.45) is 3.10. The summed E-state index contributed by atoms with van der Waals surface area (Å²) < 4.78 is 13.2. The van der Waals surface area contributed by atoms with Crippen LogP contribution >= 0.6 is 0 Å². The summed E-state index contributed by atoms with van der Waals surface area (Å²) in [6, 6.07) is 17.3. The molecule has 2 amide bonds. The number of amides is 2. The first-order valence-corrected chi connectivity index (χ1v) is 10.4. The maximum absolute atomic E-state index is 13.2. The van der Waals surface area contributed by atoms with Crippen LogP contribution in [0.2, 0.25) is 0 Å². The van der Waals surface area contributed by atoms with Crippen LogP contribution in [0, 0.1) is 18.7 Å². The van der Waals surface area contributed by atoms with Crippen molar-refractivity contribution >= 4 is 17.5 Å². The van der Waals surface area contributed by atoms with Gasteiger partial charge in [-0.05, 0) is 67.3 Å². The highest BCUT2D eigenvalue weighted by molar-refractivity contribution is 5.96. The predicted molar refractivity (Wildman–Crippen MR) is 118 cm³/mol. The topological polar surface area (TPSA) is 62.3 Å². The SMILES string of the molecule is Cc1ccc(C(=O)N2CCC[C@H](C(=O)Nc3cccc(-c4ccc(F)cc4)c3)C2)cn1. The number of likely N-dealkylation sites (tertiary alicyclic amines) is 1. The average molecular weight is 417 g/mol. The summed E-state index contributed by atoms with van der Waals surface area (Å²) in [6.45, 7) is 2.90. The lowest BCUT2D eigenvalue weighted by Crippen LogP contribution is -2.43. The van der Waals surface area contributed by atoms with Gasteiger partial charge in [0.15, 0.2) is 0 Å². The zero-order valence-corrected chi connectivity index (χ0v) is 17.3. The van der Waals surface area contributed by atoms with Gasteiger partial charge in [0.2, 0.25) is 5.91 Å². The van der Waals surface area contributed by atoms with E-state index >= 15 is 0 Å². The van der Waals surface area contributed by atoms with Crippen molar-refractivity contribution in [3.05, 3.63) is 83.9 Å². The predicted octanol–water partition coefficient (Wildman–Crippen LogP) is 4.69. The van der Waals surface area contributed by atoms with E-state index < -0.39 is 0 Å². The van der Waals surface area contributed by atoms with Gasteiger partial charge in [0.25, 0.3) is 5.91 Å². The van der Waals surface area contributed by atoms with Gasteiger partial charge in [-0.15, -0.1) is 0 Å². The molecule has 2 heterocycles. The average Bonchev–Trinajstić information content (AvgIpc) is 2.80. The monoisotopic (exact) mass is 417 g/mol. The molecule has 1 aromatic heterocycles. The third kappa shape index (κ3) is 4.97. The van der Waals surface area contributed by atoms with Crippen molar-refractivity contribution in [3.8, 4) is 11.1 Å². The Morgan fingerprint density at radius 2 is 1.87 bits per heavy atom. The molecule has 1 saturated heterocycles. The number of halogens is 1. The molecule has 1 aliphatic heterocycles. The number of hydrogen-bond acceptors (Lipinski definition) is 3. The third-order valence-electron chi connectivity index (χ3n) is 5.55. The van der Waals surface area contributed by atoms with Gasteiger partial charge in [0.1, 0.15) is 5.82 Å². The molecule has 5 nitrogen and oxygen atoms in total. The Morgan fingerprint density at radius 3 is 2.61 bits per heavy atom. The fourth-order valence-electron chi connectivity index (χ4n) is 3.82. The molecule has 1 aliphatic rings. The van der Waals surface area contributed by atoms with E-state index in [0.717, 1.165) is 29.7 Å². The Morgan fingerprint density at radius 1 is 1.06 bits per heavy atom. The van der Waals surface area contributed by atoms with Crippen molar-refractivity contribution in [3.63, 3.8) is 0 Å². The van der Waals surface area contributed by atoms with Gasteiger partial charge in [-0.3, -0.25) is 14.6 Å². The highest BCUT2D eigenvalue weighted by atomic mass is 19.1. The summed E-state index contributed by atoms with van der Waals surface area (Å²) in [5.41, 5.74) is 3.84. The molecule has 0 bridgehead atoms. The van der Waals surface area contributed by atoms with E-state index in [-0.39, 0.29) is 23.5 Å². The molecule has 158 valence electrons. The minimum Gasteiger partial charge on any atom is -0.338 e. The zero-order valence-electron chi connectivity index (χ0n) is 17.3. The minimum atomic E-state index is -0.286. The standard InChI is InChI=1S/C25H24FN3O2/c1-17-7-8-20(15-27-17)25(31)29-13-3-5-21(16-29)24(30)28-23-6-2-4-19(14-23)18-9-11-22(26)12-10-18/h2,4,6-12,14-15,21H,3,5,13,16H2,1H3,(H,28,30)/t21-/m0/s1. The number of benzene rings is 2. The quantitative estimate of drug-likeness (QED) is 0.670. The van der Waals surface area contributed by atoms with Gasteiger partial charge in [0.05, 0.1) is 11.5 Å². The van der Waals surface area contributed by atoms with Crippen LogP contribution < -0.4 is 5.32 Å². The lowest BCUT2D eigenvalue weighted by molar-refractivity contribution is -0.121. The van der Waals surface area contributed by atoms with Crippen LogP contribution in [0.25, 0.3) is 11.1 Å². The van der Waals surface area contributed by atoms with Gasteiger partial charge >= 0.3 is 0 Å². The van der Waals surface area contributed by atoms with Crippen LogP contribution in [0.5, 0.6) is 0 Å². The highest BCUT2D eigenvalue weighted by Gasteiger charge is 2.29. The molecule has 3 aromatic rings. The fourth-order valence-corrected chi connectivity index (χ4v) is 3.82. The van der Waals surface area contributed by atoms with Gasteiger partial charge in [-0.2, -0.15) is 0 Å². The summed E-state index contributed by atoms with van der Waals surface area (Å²) in [7, 11) is 0. The maximum atomic E-state index is 13.2. The van der Waals surface area contributed by atoms with E-state index in [1.54, 1.807) is 29.3 Å². The van der Waals surface area contributed by atoms with Crippen molar-refractivity contribution in [1.82, 2.24) is 9.88 Å². The molecule has 0 unspecified atom stereocenters. The number of aromatic nitrogens is 1. The third-order valence-corrected chi connectivity index (χ3v) is 5.55. The molecular weight excluding hydrogens is 393 g/mol. The van der Waals surface area contributed by atoms with Crippen molar-refractivity contribution < 1.29 is 14.0 Å². The Kier molecular flexibility index (Phi) is 6.07. The van der Waals surface area contributed by atoms with Crippen molar-refractivity contribution in [1.29, 1.82) is 0 Å². The second kappa shape index (κ2) is 9.08. The lowest BCUT2D eigenvalue weighted by Gasteiger charge is -2.32. The summed E-state index contributed by atoms with van der Waals surface area (Å²) in [4.78, 5) is 31.6. The molecule has 6 heteroatoms. The van der Waals surface area contributed by atoms with E-state index in [2.05, 4.69) is 10.3 Å². The van der Waals surface area contributed by atoms with Crippen LogP contribution in [-0.4, -0.2) is 34.8 Å². The molecule has 1 fully saturated rings. The van der Waals surface area contributed by atoms with E-state index in [0.29, 0.717) is 24.3 Å². The molecule has 31 heavy (non-hydrogen) atoms. The summed E-state index contributed by atoms with van der Waals surface area (Å²) in [5, 5.41) is 2.98. The largest absolute Gasteiger partial charge is 0.338 e. The van der Waals surface area contributed by atoms with Crippen molar-refractivity contribution in [2.45, 2.75) is 19.8 Å². The summed E-state index contributed by atoms with van der Waals surface area (Å²) >= 11 is 0. The number of piperidine rings is 1. The fraction of sp³-hybridized carbons (Fsp3) is 0.240. The molecular formula is C25H24FN3O2. The molecule has 0 spiro atoms. The number of carbonyl (C=O) groups is 2. The number of hydrogen-bond donors (Lipinski definition) is 1. The minimum absolute atomic E-state index is 0.0942. The Bertz CT molecular complexity index is 1080. The number of pyridine rings is 1. The number of rotatable bonds is 4. The van der Waals surface area contributed by atoms with E-state index in [9.17, 15) is 14.0 Å². The zero-order chi connectivity index (χ0) is 21.8. The van der Waals surface area contributed by atoms with Crippen molar-refractivity contribution in [2.75, 3.05) is 18.4 Å². The second-order valence-electron chi connectivity index (χ2n) is 7.86. The van der Waals surface area contributed by atoms with Gasteiger partial charge in [-0.1, -0.05) is 24.3 Å². The number of anilines is 1. The number of aryl methyl sites for hydroxylation is 1. The van der Waals surface area contributed by atoms with Gasteiger partial charge in [-0.25, -0.2) is 4.39 Å². The van der Waals surface area contributed by atoms with E-state index in [1.807, 2.05) is 37.3 Å². The smallest absolute Gasteiger partial charge is 0.255 e. The van der Waals surface area contributed by atoms with Crippen LogP contribution in [-0.2, 0) is 4.79 Å². The van der Waals surface area contributed by atoms with E-state index in [1.165, 1.54) is 12.1 Å². The summed E-state index contributed by atoms with van der Waals surface area (Å²) in [5.74, 6) is -0.754.